The van der Waals surface area contributed by atoms with Crippen LogP contribution in [0.15, 0.2) is 18.3 Å². The third-order valence-electron chi connectivity index (χ3n) is 10.3. The lowest BCUT2D eigenvalue weighted by molar-refractivity contribution is -0.136. The number of nitrogens with two attached hydrogens (primary N) is 1. The molecule has 1 aromatic heterocycles. The molecule has 1 amide bonds. The first-order valence-electron chi connectivity index (χ1n) is 24.7. The van der Waals surface area contributed by atoms with E-state index in [0.717, 1.165) is 70.6 Å². The fourth-order valence-corrected chi connectivity index (χ4v) is 6.54. The lowest BCUT2D eigenvalue weighted by atomic mass is 10.2. The molecule has 2 heterocycles. The van der Waals surface area contributed by atoms with Gasteiger partial charge in [0.15, 0.2) is 11.6 Å². The maximum atomic E-state index is 13.5. The Bertz CT molecular complexity index is 1600. The lowest BCUT2D eigenvalue weighted by Gasteiger charge is -2.34. The van der Waals surface area contributed by atoms with Crippen LogP contribution >= 0.6 is 0 Å². The molecule has 0 saturated carbocycles. The first-order chi connectivity index (χ1) is 34.8. The molecule has 21 nitrogen and oxygen atoms in total. The van der Waals surface area contributed by atoms with Gasteiger partial charge in [0.2, 0.25) is 11.7 Å². The van der Waals surface area contributed by atoms with Crippen molar-refractivity contribution in [2.45, 2.75) is 45.1 Å². The van der Waals surface area contributed by atoms with Gasteiger partial charge in [-0.3, -0.25) is 9.59 Å². The second kappa shape index (κ2) is 43.0. The fraction of sp³-hybridized carbons (Fsp3) is 0.787. The van der Waals surface area contributed by atoms with Crippen LogP contribution in [-0.2, 0) is 79.4 Å². The fourth-order valence-electron chi connectivity index (χ4n) is 6.54. The highest BCUT2D eigenvalue weighted by atomic mass is 19.1. The molecule has 24 heteroatoms. The zero-order valence-electron chi connectivity index (χ0n) is 41.5. The highest BCUT2D eigenvalue weighted by Gasteiger charge is 2.18. The van der Waals surface area contributed by atoms with Gasteiger partial charge in [0.1, 0.15) is 5.82 Å². The molecule has 1 aliphatic rings. The number of aryl methyl sites for hydroxylation is 1. The van der Waals surface area contributed by atoms with E-state index in [-0.39, 0.29) is 32.1 Å². The summed E-state index contributed by atoms with van der Waals surface area (Å²) in [5, 5.41) is 8.53. The predicted octanol–water partition coefficient (Wildman–Crippen LogP) is 2.10. The number of piperazine rings is 1. The van der Waals surface area contributed by atoms with Crippen molar-refractivity contribution in [3.05, 3.63) is 41.5 Å². The van der Waals surface area contributed by atoms with Crippen LogP contribution in [0.5, 0.6) is 5.75 Å². The average molecular weight is 1030 g/mol. The Labute approximate surface area is 416 Å². The average Bonchev–Trinajstić information content (AvgIpc) is 3.81. The summed E-state index contributed by atoms with van der Waals surface area (Å²) in [4.78, 5) is 27.6. The number of halogens is 3. The Morgan fingerprint density at radius 1 is 0.479 bits per heavy atom. The van der Waals surface area contributed by atoms with Gasteiger partial charge in [0, 0.05) is 50.9 Å². The van der Waals surface area contributed by atoms with E-state index in [1.54, 1.807) is 0 Å². The summed E-state index contributed by atoms with van der Waals surface area (Å²) >= 11 is 0. The van der Waals surface area contributed by atoms with Gasteiger partial charge in [0.25, 0.3) is 0 Å². The van der Waals surface area contributed by atoms with E-state index in [0.29, 0.717) is 164 Å². The number of nitrogens with zero attached hydrogens (tertiary/aromatic N) is 5. The van der Waals surface area contributed by atoms with Crippen LogP contribution in [0.4, 0.5) is 13.2 Å². The van der Waals surface area contributed by atoms with E-state index in [1.165, 1.54) is 0 Å². The second-order valence-corrected chi connectivity index (χ2v) is 16.0. The molecule has 0 spiro atoms. The van der Waals surface area contributed by atoms with E-state index < -0.39 is 29.2 Å². The van der Waals surface area contributed by atoms with Crippen molar-refractivity contribution in [3.8, 4) is 5.75 Å². The van der Waals surface area contributed by atoms with Crippen LogP contribution in [0.2, 0.25) is 0 Å². The number of benzene rings is 1. The van der Waals surface area contributed by atoms with Crippen LogP contribution in [0.25, 0.3) is 0 Å². The van der Waals surface area contributed by atoms with Gasteiger partial charge in [0.05, 0.1) is 177 Å². The Hall–Kier alpha value is -3.47. The van der Waals surface area contributed by atoms with Gasteiger partial charge >= 0.3 is 5.97 Å². The van der Waals surface area contributed by atoms with Gasteiger partial charge in [-0.25, -0.2) is 17.9 Å². The Balaban J connectivity index is 0.912. The van der Waals surface area contributed by atoms with Crippen LogP contribution in [0.1, 0.15) is 37.8 Å². The normalized spacial score (nSPS) is 13.4. The van der Waals surface area contributed by atoms with Gasteiger partial charge < -0.3 is 77.1 Å². The Morgan fingerprint density at radius 3 is 1.24 bits per heavy atom. The minimum absolute atomic E-state index is 0.0404. The lowest BCUT2D eigenvalue weighted by Crippen LogP contribution is -2.46. The number of rotatable bonds is 49. The standard InChI is InChI=1S/C47H79F3N6O15/c48-41-38-43(49)47(44(50)39-41)71-46(58)6-14-59-16-18-61-20-22-63-24-26-65-28-30-67-32-34-69-36-37-70-35-33-68-31-29-66-27-25-64-23-21-62-19-17-60-15-13-56-40-42(52-53-56)4-1-2-7-54-9-11-55(12-10-54)8-3-5-45(51)57/h38-40H,1-37H2,(H2,51,57). The Morgan fingerprint density at radius 2 is 0.845 bits per heavy atom. The number of aromatic nitrogens is 3. The van der Waals surface area contributed by atoms with Gasteiger partial charge in [-0.15, -0.1) is 5.10 Å². The van der Waals surface area contributed by atoms with Crippen LogP contribution in [-0.4, -0.2) is 235 Å². The molecule has 1 fully saturated rings. The molecule has 3 rings (SSSR count). The zero-order chi connectivity index (χ0) is 50.7. The molecule has 0 bridgehead atoms. The molecule has 0 radical (unpaired) electrons. The molecule has 2 N–H and O–H groups in total. The van der Waals surface area contributed by atoms with E-state index in [9.17, 15) is 22.8 Å². The number of esters is 1. The van der Waals surface area contributed by atoms with E-state index >= 15 is 0 Å². The van der Waals surface area contributed by atoms with E-state index in [1.807, 2.05) is 10.9 Å². The number of unbranched alkanes of at least 4 members (excludes halogenated alkanes) is 1. The topological polar surface area (TPSA) is 217 Å². The van der Waals surface area contributed by atoms with Crippen molar-refractivity contribution < 1.29 is 84.3 Å². The summed E-state index contributed by atoms with van der Waals surface area (Å²) in [5.41, 5.74) is 6.25. The van der Waals surface area contributed by atoms with Crippen LogP contribution in [0, 0.1) is 17.5 Å². The van der Waals surface area contributed by atoms with Crippen molar-refractivity contribution in [3.63, 3.8) is 0 Å². The smallest absolute Gasteiger partial charge is 0.313 e. The third kappa shape index (κ3) is 34.6. The summed E-state index contributed by atoms with van der Waals surface area (Å²) in [7, 11) is 0. The molecule has 0 atom stereocenters. The number of carbonyl (C=O) groups is 2. The number of hydrogen-bond acceptors (Lipinski definition) is 19. The van der Waals surface area contributed by atoms with Crippen LogP contribution < -0.4 is 10.5 Å². The van der Waals surface area contributed by atoms with Crippen molar-refractivity contribution >= 4 is 11.9 Å². The minimum Gasteiger partial charge on any atom is -0.420 e. The molecule has 1 aliphatic heterocycles. The summed E-state index contributed by atoms with van der Waals surface area (Å²) in [6.07, 6.45) is 6.19. The van der Waals surface area contributed by atoms with Crippen molar-refractivity contribution in [2.24, 2.45) is 5.73 Å². The molecular formula is C47H79F3N6O15. The molecule has 1 saturated heterocycles. The first kappa shape index (κ1) is 61.8. The van der Waals surface area contributed by atoms with E-state index in [2.05, 4.69) is 24.8 Å². The largest absolute Gasteiger partial charge is 0.420 e. The summed E-state index contributed by atoms with van der Waals surface area (Å²) in [6.45, 7) is 16.8. The molecular weight excluding hydrogens is 946 g/mol. The minimum atomic E-state index is -1.30. The monoisotopic (exact) mass is 1020 g/mol. The number of carbonyl (C=O) groups excluding carboxylic acids is 2. The SMILES string of the molecule is NC(=O)CCCN1CCN(CCCCc2cn(CCOCCOCCOCCOCCOCCOCCOCCOCCOCCOCCOCCOCCC(=O)Oc3c(F)cc(F)cc3F)nn2)CC1. The zero-order valence-corrected chi connectivity index (χ0v) is 41.5. The summed E-state index contributed by atoms with van der Waals surface area (Å²) in [5.74, 6) is -5.80. The summed E-state index contributed by atoms with van der Waals surface area (Å²) in [6, 6.07) is 0.850. The van der Waals surface area contributed by atoms with Crippen molar-refractivity contribution in [2.75, 3.05) is 198 Å². The molecule has 1 aromatic carbocycles. The summed E-state index contributed by atoms with van der Waals surface area (Å²) < 4.78 is 112. The van der Waals surface area contributed by atoms with E-state index in [4.69, 9.17) is 62.6 Å². The highest BCUT2D eigenvalue weighted by Crippen LogP contribution is 2.23. The predicted molar refractivity (Wildman–Crippen MR) is 251 cm³/mol. The molecule has 0 aliphatic carbocycles. The van der Waals surface area contributed by atoms with Gasteiger partial charge in [-0.05, 0) is 38.8 Å². The number of ether oxygens (including phenoxy) is 13. The maximum Gasteiger partial charge on any atom is 0.313 e. The van der Waals surface area contributed by atoms with Gasteiger partial charge in [-0.2, -0.15) is 0 Å². The van der Waals surface area contributed by atoms with Crippen molar-refractivity contribution in [1.29, 1.82) is 0 Å². The Kier molecular flexibility index (Phi) is 37.4. The molecule has 2 aromatic rings. The molecule has 0 unspecified atom stereocenters. The van der Waals surface area contributed by atoms with Crippen molar-refractivity contribution in [1.82, 2.24) is 24.8 Å². The van der Waals surface area contributed by atoms with Crippen LogP contribution in [0.3, 0.4) is 0 Å². The van der Waals surface area contributed by atoms with Gasteiger partial charge in [-0.1, -0.05) is 5.21 Å². The molecule has 71 heavy (non-hydrogen) atoms. The first-order valence-corrected chi connectivity index (χ1v) is 24.7. The molecule has 408 valence electrons. The number of amides is 1. The quantitative estimate of drug-likeness (QED) is 0.0570. The highest BCUT2D eigenvalue weighted by molar-refractivity contribution is 5.73. The second-order valence-electron chi connectivity index (χ2n) is 16.0. The number of hydrogen-bond donors (Lipinski definition) is 1. The third-order valence-corrected chi connectivity index (χ3v) is 10.3. The number of primary amides is 1. The maximum absolute atomic E-state index is 13.5.